The van der Waals surface area contributed by atoms with Gasteiger partial charge in [0.25, 0.3) is 10.0 Å². The third-order valence-corrected chi connectivity index (χ3v) is 9.76. The lowest BCUT2D eigenvalue weighted by Gasteiger charge is -2.35. The van der Waals surface area contributed by atoms with Crippen LogP contribution in [0, 0.1) is 6.92 Å². The van der Waals surface area contributed by atoms with Crippen LogP contribution < -0.4 is 14.4 Å². The summed E-state index contributed by atoms with van der Waals surface area (Å²) in [6.07, 6.45) is 5.53. The lowest BCUT2D eigenvalue weighted by molar-refractivity contribution is -0.140. The van der Waals surface area contributed by atoms with E-state index in [0.717, 1.165) is 47.5 Å². The molecule has 1 unspecified atom stereocenters. The first-order chi connectivity index (χ1) is 20.8. The minimum Gasteiger partial charge on any atom is -0.492 e. The lowest BCUT2D eigenvalue weighted by atomic mass is 9.95. The maximum atomic E-state index is 14.4. The molecule has 4 rings (SSSR count). The molecule has 1 atom stereocenters. The summed E-state index contributed by atoms with van der Waals surface area (Å²) < 4.78 is 35.1. The van der Waals surface area contributed by atoms with Crippen LogP contribution in [0.3, 0.4) is 0 Å². The molecule has 1 N–H and O–H groups in total. The molecule has 0 radical (unpaired) electrons. The summed E-state index contributed by atoms with van der Waals surface area (Å²) in [5, 5.41) is 3.19. The third-order valence-electron chi connectivity index (χ3n) is 7.98. The number of para-hydroxylation sites is 2. The Labute approximate surface area is 256 Å². The van der Waals surface area contributed by atoms with E-state index in [1.165, 1.54) is 17.0 Å². The third kappa shape index (κ3) is 7.96. The fourth-order valence-corrected chi connectivity index (χ4v) is 7.05. The van der Waals surface area contributed by atoms with Gasteiger partial charge in [-0.05, 0) is 68.5 Å². The molecule has 0 spiro atoms. The molecule has 3 aromatic rings. The molecule has 8 nitrogen and oxygen atoms in total. The molecule has 0 saturated heterocycles. The van der Waals surface area contributed by atoms with Crippen molar-refractivity contribution in [2.75, 3.05) is 17.5 Å². The first-order valence-corrected chi connectivity index (χ1v) is 16.6. The molecule has 2 amide bonds. The fourth-order valence-electron chi connectivity index (χ4n) is 5.61. The molecule has 1 fully saturated rings. The number of carbonyl (C=O) groups excluding carboxylic acids is 2. The quantitative estimate of drug-likeness (QED) is 0.264. The zero-order valence-corrected chi connectivity index (χ0v) is 26.2. The van der Waals surface area contributed by atoms with Crippen molar-refractivity contribution in [1.29, 1.82) is 0 Å². The summed E-state index contributed by atoms with van der Waals surface area (Å²) in [6.45, 7) is 5.66. The highest BCUT2D eigenvalue weighted by atomic mass is 32.2. The van der Waals surface area contributed by atoms with Gasteiger partial charge in [0.15, 0.2) is 0 Å². The van der Waals surface area contributed by atoms with Crippen LogP contribution in [-0.2, 0) is 26.2 Å². The van der Waals surface area contributed by atoms with E-state index >= 15 is 0 Å². The predicted molar refractivity (Wildman–Crippen MR) is 169 cm³/mol. The van der Waals surface area contributed by atoms with Gasteiger partial charge in [-0.25, -0.2) is 8.42 Å². The SMILES string of the molecule is CCOc1ccccc1N(CC(=O)N(Cc1ccccc1C)C(CC)C(=O)NC1CCCCC1)S(=O)(=O)c1ccccc1. The number of nitrogens with zero attached hydrogens (tertiary/aromatic N) is 2. The Balaban J connectivity index is 1.74. The van der Waals surface area contributed by atoms with Gasteiger partial charge in [0.1, 0.15) is 18.3 Å². The Hall–Kier alpha value is -3.85. The number of aryl methyl sites for hydroxylation is 1. The molecule has 9 heteroatoms. The van der Waals surface area contributed by atoms with E-state index in [1.54, 1.807) is 42.5 Å². The summed E-state index contributed by atoms with van der Waals surface area (Å²) in [7, 11) is -4.17. The number of ether oxygens (including phenoxy) is 1. The number of nitrogens with one attached hydrogen (secondary N) is 1. The minimum absolute atomic E-state index is 0.0571. The Morgan fingerprint density at radius 1 is 0.907 bits per heavy atom. The molecule has 0 aliphatic heterocycles. The highest BCUT2D eigenvalue weighted by Crippen LogP contribution is 2.33. The zero-order valence-electron chi connectivity index (χ0n) is 25.4. The highest BCUT2D eigenvalue weighted by molar-refractivity contribution is 7.92. The van der Waals surface area contributed by atoms with E-state index in [9.17, 15) is 18.0 Å². The Morgan fingerprint density at radius 3 is 2.23 bits per heavy atom. The lowest BCUT2D eigenvalue weighted by Crippen LogP contribution is -2.54. The number of rotatable bonds is 13. The van der Waals surface area contributed by atoms with E-state index in [0.29, 0.717) is 18.8 Å². The second-order valence-electron chi connectivity index (χ2n) is 10.9. The van der Waals surface area contributed by atoms with Gasteiger partial charge in [-0.2, -0.15) is 0 Å². The van der Waals surface area contributed by atoms with E-state index in [2.05, 4.69) is 5.32 Å². The largest absolute Gasteiger partial charge is 0.492 e. The number of carbonyl (C=O) groups is 2. The first-order valence-electron chi connectivity index (χ1n) is 15.2. The van der Waals surface area contributed by atoms with E-state index in [-0.39, 0.29) is 29.1 Å². The van der Waals surface area contributed by atoms with Crippen LogP contribution >= 0.6 is 0 Å². The monoisotopic (exact) mass is 605 g/mol. The van der Waals surface area contributed by atoms with Crippen LogP contribution in [0.5, 0.6) is 5.75 Å². The number of hydrogen-bond acceptors (Lipinski definition) is 5. The predicted octanol–water partition coefficient (Wildman–Crippen LogP) is 5.85. The smallest absolute Gasteiger partial charge is 0.264 e. The molecule has 1 aliphatic rings. The van der Waals surface area contributed by atoms with Gasteiger partial charge < -0.3 is 15.0 Å². The van der Waals surface area contributed by atoms with E-state index in [4.69, 9.17) is 4.74 Å². The van der Waals surface area contributed by atoms with Gasteiger partial charge >= 0.3 is 0 Å². The van der Waals surface area contributed by atoms with Crippen LogP contribution in [0.25, 0.3) is 0 Å². The average molecular weight is 606 g/mol. The van der Waals surface area contributed by atoms with Gasteiger partial charge in [0.05, 0.1) is 17.2 Å². The van der Waals surface area contributed by atoms with Crippen LogP contribution in [-0.4, -0.2) is 50.4 Å². The zero-order chi connectivity index (χ0) is 30.8. The van der Waals surface area contributed by atoms with Gasteiger partial charge in [0.2, 0.25) is 11.8 Å². The second-order valence-corrected chi connectivity index (χ2v) is 12.8. The van der Waals surface area contributed by atoms with Gasteiger partial charge in [-0.3, -0.25) is 13.9 Å². The molecule has 0 bridgehead atoms. The van der Waals surface area contributed by atoms with Crippen LogP contribution in [0.4, 0.5) is 5.69 Å². The van der Waals surface area contributed by atoms with Crippen LogP contribution in [0.1, 0.15) is 63.5 Å². The van der Waals surface area contributed by atoms with E-state index < -0.39 is 28.5 Å². The molecule has 0 aromatic heterocycles. The summed E-state index contributed by atoms with van der Waals surface area (Å²) in [4.78, 5) is 29.7. The normalized spacial score (nSPS) is 14.5. The van der Waals surface area contributed by atoms with E-state index in [1.807, 2.05) is 45.0 Å². The molecular formula is C34H43N3O5S. The van der Waals surface area contributed by atoms with Crippen molar-refractivity contribution in [3.63, 3.8) is 0 Å². The maximum Gasteiger partial charge on any atom is 0.264 e. The molecule has 3 aromatic carbocycles. The van der Waals surface area contributed by atoms with Crippen molar-refractivity contribution in [3.8, 4) is 5.75 Å². The van der Waals surface area contributed by atoms with Crippen LogP contribution in [0.15, 0.2) is 83.8 Å². The van der Waals surface area contributed by atoms with Gasteiger partial charge in [-0.1, -0.05) is 80.8 Å². The summed E-state index contributed by atoms with van der Waals surface area (Å²) >= 11 is 0. The first kappa shape index (κ1) is 32.1. The summed E-state index contributed by atoms with van der Waals surface area (Å²) in [5.74, 6) is -0.326. The van der Waals surface area contributed by atoms with Crippen molar-refractivity contribution in [2.45, 2.75) is 82.8 Å². The highest BCUT2D eigenvalue weighted by Gasteiger charge is 2.35. The number of benzene rings is 3. The molecular weight excluding hydrogens is 562 g/mol. The molecule has 43 heavy (non-hydrogen) atoms. The molecule has 1 saturated carbocycles. The fraction of sp³-hybridized carbons (Fsp3) is 0.412. The minimum atomic E-state index is -4.17. The van der Waals surface area contributed by atoms with Gasteiger partial charge in [0, 0.05) is 12.6 Å². The number of amides is 2. The van der Waals surface area contributed by atoms with Crippen LogP contribution in [0.2, 0.25) is 0 Å². The van der Waals surface area contributed by atoms with Crippen molar-refractivity contribution < 1.29 is 22.7 Å². The number of anilines is 1. The number of hydrogen-bond donors (Lipinski definition) is 1. The molecule has 0 heterocycles. The topological polar surface area (TPSA) is 96.0 Å². The Bertz CT molecular complexity index is 1470. The van der Waals surface area contributed by atoms with Crippen molar-refractivity contribution in [2.24, 2.45) is 0 Å². The standard InChI is InChI=1S/C34H43N3O5S/c1-4-30(34(39)35-28-18-8-6-9-19-28)36(24-27-17-13-12-16-26(27)3)33(38)25-37(31-22-14-15-23-32(31)42-5-2)43(40,41)29-20-10-7-11-21-29/h7,10-17,20-23,28,30H,4-6,8-9,18-19,24-25H2,1-3H3,(H,35,39). The summed E-state index contributed by atoms with van der Waals surface area (Å²) in [5.41, 5.74) is 2.14. The Morgan fingerprint density at radius 2 is 1.56 bits per heavy atom. The van der Waals surface area contributed by atoms with Crippen molar-refractivity contribution in [3.05, 3.63) is 90.0 Å². The Kier molecular flexibility index (Phi) is 11.2. The number of sulfonamides is 1. The van der Waals surface area contributed by atoms with Gasteiger partial charge in [-0.15, -0.1) is 0 Å². The summed E-state index contributed by atoms with van der Waals surface area (Å²) in [6, 6.07) is 21.9. The van der Waals surface area contributed by atoms with Crippen molar-refractivity contribution in [1.82, 2.24) is 10.2 Å². The maximum absolute atomic E-state index is 14.4. The molecule has 230 valence electrons. The second kappa shape index (κ2) is 15.0. The van der Waals surface area contributed by atoms with Crippen molar-refractivity contribution >= 4 is 27.5 Å². The molecule has 1 aliphatic carbocycles. The average Bonchev–Trinajstić information content (AvgIpc) is 3.02.